The number of benzene rings is 1. The average Bonchev–Trinajstić information content (AvgIpc) is 2.37. The van der Waals surface area contributed by atoms with E-state index in [1.165, 1.54) is 24.3 Å². The zero-order valence-corrected chi connectivity index (χ0v) is 13.2. The summed E-state index contributed by atoms with van der Waals surface area (Å²) in [5.41, 5.74) is 0.576. The molecule has 2 N–H and O–H groups in total. The third-order valence-corrected chi connectivity index (χ3v) is 4.39. The SMILES string of the molecule is CN(C)CCCCNS(=O)(=O)c1ccc(CC(=O)O)cc1. The fourth-order valence-corrected chi connectivity index (χ4v) is 2.88. The van der Waals surface area contributed by atoms with Crippen molar-refractivity contribution in [1.29, 1.82) is 0 Å². The highest BCUT2D eigenvalue weighted by molar-refractivity contribution is 7.89. The molecule has 21 heavy (non-hydrogen) atoms. The van der Waals surface area contributed by atoms with E-state index in [2.05, 4.69) is 9.62 Å². The summed E-state index contributed by atoms with van der Waals surface area (Å²) in [5, 5.41) is 8.67. The minimum Gasteiger partial charge on any atom is -0.481 e. The van der Waals surface area contributed by atoms with Gasteiger partial charge < -0.3 is 10.0 Å². The fourth-order valence-electron chi connectivity index (χ4n) is 1.80. The number of nitrogens with zero attached hydrogens (tertiary/aromatic N) is 1. The second-order valence-corrected chi connectivity index (χ2v) is 6.89. The molecule has 0 atom stereocenters. The van der Waals surface area contributed by atoms with Gasteiger partial charge in [0.1, 0.15) is 0 Å². The molecule has 0 heterocycles. The van der Waals surface area contributed by atoms with E-state index in [1.54, 1.807) is 0 Å². The minimum atomic E-state index is -3.52. The first-order valence-electron chi connectivity index (χ1n) is 6.76. The largest absolute Gasteiger partial charge is 0.481 e. The van der Waals surface area contributed by atoms with Gasteiger partial charge in [-0.3, -0.25) is 4.79 Å². The van der Waals surface area contributed by atoms with E-state index < -0.39 is 16.0 Å². The van der Waals surface area contributed by atoms with Crippen LogP contribution in [0, 0.1) is 0 Å². The predicted octanol–water partition coefficient (Wildman–Crippen LogP) is 0.934. The number of carboxylic acid groups (broad SMARTS) is 1. The van der Waals surface area contributed by atoms with Crippen molar-refractivity contribution in [3.63, 3.8) is 0 Å². The Balaban J connectivity index is 2.52. The van der Waals surface area contributed by atoms with Crippen molar-refractivity contribution in [2.75, 3.05) is 27.2 Å². The molecule has 0 saturated carbocycles. The third kappa shape index (κ3) is 6.70. The van der Waals surface area contributed by atoms with Crippen molar-refractivity contribution >= 4 is 16.0 Å². The Hall–Kier alpha value is -1.44. The van der Waals surface area contributed by atoms with E-state index in [4.69, 9.17) is 5.11 Å². The van der Waals surface area contributed by atoms with Gasteiger partial charge in [0.05, 0.1) is 11.3 Å². The van der Waals surface area contributed by atoms with Crippen LogP contribution in [-0.2, 0) is 21.2 Å². The molecule has 6 nitrogen and oxygen atoms in total. The summed E-state index contributed by atoms with van der Waals surface area (Å²) < 4.78 is 26.6. The fraction of sp³-hybridized carbons (Fsp3) is 0.500. The normalized spacial score (nSPS) is 11.8. The molecule has 0 saturated heterocycles. The molecule has 0 fully saturated rings. The lowest BCUT2D eigenvalue weighted by Crippen LogP contribution is -2.25. The van der Waals surface area contributed by atoms with Gasteiger partial charge in [-0.25, -0.2) is 13.1 Å². The molecule has 7 heteroatoms. The molecule has 0 aromatic heterocycles. The molecule has 0 spiro atoms. The molecule has 0 bridgehead atoms. The molecule has 1 aromatic carbocycles. The zero-order chi connectivity index (χ0) is 15.9. The monoisotopic (exact) mass is 314 g/mol. The number of rotatable bonds is 9. The molecule has 118 valence electrons. The molecule has 1 aromatic rings. The number of nitrogens with one attached hydrogen (secondary N) is 1. The maximum absolute atomic E-state index is 12.0. The summed E-state index contributed by atoms with van der Waals surface area (Å²) in [5.74, 6) is -0.940. The summed E-state index contributed by atoms with van der Waals surface area (Å²) in [6, 6.07) is 5.91. The van der Waals surface area contributed by atoms with Crippen LogP contribution in [0.4, 0.5) is 0 Å². The molecule has 0 aliphatic heterocycles. The van der Waals surface area contributed by atoms with Crippen LogP contribution >= 0.6 is 0 Å². The summed E-state index contributed by atoms with van der Waals surface area (Å²) in [7, 11) is 0.433. The van der Waals surface area contributed by atoms with Gasteiger partial charge >= 0.3 is 5.97 Å². The van der Waals surface area contributed by atoms with Gasteiger partial charge in [0, 0.05) is 6.54 Å². The van der Waals surface area contributed by atoms with Crippen LogP contribution < -0.4 is 4.72 Å². The van der Waals surface area contributed by atoms with Crippen molar-refractivity contribution < 1.29 is 18.3 Å². The Bertz CT molecular complexity index is 553. The highest BCUT2D eigenvalue weighted by Gasteiger charge is 2.13. The van der Waals surface area contributed by atoms with E-state index in [-0.39, 0.29) is 11.3 Å². The Morgan fingerprint density at radius 2 is 1.81 bits per heavy atom. The second-order valence-electron chi connectivity index (χ2n) is 5.12. The van der Waals surface area contributed by atoms with Crippen LogP contribution in [0.5, 0.6) is 0 Å². The van der Waals surface area contributed by atoms with Gasteiger partial charge in [0.25, 0.3) is 0 Å². The number of unbranched alkanes of at least 4 members (excludes halogenated alkanes) is 1. The lowest BCUT2D eigenvalue weighted by Gasteiger charge is -2.10. The van der Waals surface area contributed by atoms with Crippen LogP contribution in [0.3, 0.4) is 0 Å². The van der Waals surface area contributed by atoms with E-state index in [1.807, 2.05) is 14.1 Å². The molecular formula is C14H22N2O4S. The van der Waals surface area contributed by atoms with Crippen LogP contribution in [0.2, 0.25) is 0 Å². The van der Waals surface area contributed by atoms with E-state index in [0.717, 1.165) is 19.4 Å². The van der Waals surface area contributed by atoms with Crippen molar-refractivity contribution in [2.45, 2.75) is 24.2 Å². The van der Waals surface area contributed by atoms with E-state index >= 15 is 0 Å². The van der Waals surface area contributed by atoms with E-state index in [9.17, 15) is 13.2 Å². The van der Waals surface area contributed by atoms with Crippen LogP contribution in [0.25, 0.3) is 0 Å². The average molecular weight is 314 g/mol. The molecule has 0 aliphatic carbocycles. The maximum atomic E-state index is 12.0. The number of carbonyl (C=O) groups is 1. The smallest absolute Gasteiger partial charge is 0.307 e. The Labute approximate surface area is 125 Å². The first-order chi connectivity index (χ1) is 9.81. The molecule has 0 radical (unpaired) electrons. The number of aliphatic carboxylic acids is 1. The molecule has 0 unspecified atom stereocenters. The number of carboxylic acids is 1. The van der Waals surface area contributed by atoms with Gasteiger partial charge in [-0.05, 0) is 51.2 Å². The van der Waals surface area contributed by atoms with Gasteiger partial charge in [-0.15, -0.1) is 0 Å². The highest BCUT2D eigenvalue weighted by atomic mass is 32.2. The highest BCUT2D eigenvalue weighted by Crippen LogP contribution is 2.11. The standard InChI is InChI=1S/C14H22N2O4S/c1-16(2)10-4-3-9-15-21(19,20)13-7-5-12(6-8-13)11-14(17)18/h5-8,15H,3-4,9-11H2,1-2H3,(H,17,18). The zero-order valence-electron chi connectivity index (χ0n) is 12.4. The first kappa shape index (κ1) is 17.6. The Kier molecular flexibility index (Phi) is 6.80. The summed E-state index contributed by atoms with van der Waals surface area (Å²) in [4.78, 5) is 12.8. The van der Waals surface area contributed by atoms with Crippen molar-refractivity contribution in [3.05, 3.63) is 29.8 Å². The van der Waals surface area contributed by atoms with Crippen molar-refractivity contribution in [1.82, 2.24) is 9.62 Å². The summed E-state index contributed by atoms with van der Waals surface area (Å²) in [6.07, 6.45) is 1.58. The summed E-state index contributed by atoms with van der Waals surface area (Å²) in [6.45, 7) is 1.32. The third-order valence-electron chi connectivity index (χ3n) is 2.91. The number of hydrogen-bond acceptors (Lipinski definition) is 4. The van der Waals surface area contributed by atoms with Crippen LogP contribution in [-0.4, -0.2) is 51.6 Å². The predicted molar refractivity (Wildman–Crippen MR) is 80.8 cm³/mol. The van der Waals surface area contributed by atoms with Crippen LogP contribution in [0.15, 0.2) is 29.2 Å². The van der Waals surface area contributed by atoms with Gasteiger partial charge in [0.2, 0.25) is 10.0 Å². The quantitative estimate of drug-likeness (QED) is 0.662. The Morgan fingerprint density at radius 1 is 1.19 bits per heavy atom. The van der Waals surface area contributed by atoms with Gasteiger partial charge in [-0.1, -0.05) is 12.1 Å². The minimum absolute atomic E-state index is 0.113. The van der Waals surface area contributed by atoms with Gasteiger partial charge in [-0.2, -0.15) is 0 Å². The lowest BCUT2D eigenvalue weighted by atomic mass is 10.2. The van der Waals surface area contributed by atoms with Crippen molar-refractivity contribution in [2.24, 2.45) is 0 Å². The van der Waals surface area contributed by atoms with E-state index in [0.29, 0.717) is 12.1 Å². The van der Waals surface area contributed by atoms with Gasteiger partial charge in [0.15, 0.2) is 0 Å². The molecule has 1 rings (SSSR count). The first-order valence-corrected chi connectivity index (χ1v) is 8.25. The van der Waals surface area contributed by atoms with Crippen LogP contribution in [0.1, 0.15) is 18.4 Å². The number of sulfonamides is 1. The topological polar surface area (TPSA) is 86.7 Å². The number of hydrogen-bond donors (Lipinski definition) is 2. The Morgan fingerprint density at radius 3 is 2.33 bits per heavy atom. The molecule has 0 aliphatic rings. The summed E-state index contributed by atoms with van der Waals surface area (Å²) >= 11 is 0. The second kappa shape index (κ2) is 8.11. The molecular weight excluding hydrogens is 292 g/mol. The maximum Gasteiger partial charge on any atom is 0.307 e. The van der Waals surface area contributed by atoms with Crippen molar-refractivity contribution in [3.8, 4) is 0 Å². The lowest BCUT2D eigenvalue weighted by molar-refractivity contribution is -0.136. The molecule has 0 amide bonds.